The highest BCUT2D eigenvalue weighted by molar-refractivity contribution is 4.51. The molecule has 0 spiro atoms. The molecule has 34 heavy (non-hydrogen) atoms. The minimum Gasteiger partial charge on any atom is -0.394 e. The molecule has 0 aliphatic rings. The fraction of sp³-hybridized carbons (Fsp3) is 1.00. The third-order valence-electron chi connectivity index (χ3n) is 6.62. The Hall–Kier alpha value is -0.160. The van der Waals surface area contributed by atoms with Gasteiger partial charge >= 0.3 is 0 Å². The summed E-state index contributed by atoms with van der Waals surface area (Å²) in [4.78, 5) is 0. The van der Waals surface area contributed by atoms with Crippen molar-refractivity contribution >= 4 is 0 Å². The van der Waals surface area contributed by atoms with Gasteiger partial charge in [0.2, 0.25) is 0 Å². The van der Waals surface area contributed by atoms with Crippen LogP contribution in [-0.4, -0.2) is 51.4 Å². The van der Waals surface area contributed by atoms with Crippen LogP contribution in [0, 0.1) is 0 Å². The lowest BCUT2D eigenvalue weighted by molar-refractivity contribution is 0.00719. The molecule has 206 valence electrons. The van der Waals surface area contributed by atoms with Crippen molar-refractivity contribution in [1.82, 2.24) is 0 Å². The largest absolute Gasteiger partial charge is 0.394 e. The number of aliphatic hydroxyl groups excluding tert-OH is 1. The second-order valence-corrected chi connectivity index (χ2v) is 9.99. The van der Waals surface area contributed by atoms with Gasteiger partial charge in [0, 0.05) is 6.61 Å². The van der Waals surface area contributed by atoms with E-state index in [1.807, 2.05) is 0 Å². The molecule has 1 N–H and O–H groups in total. The zero-order valence-corrected chi connectivity index (χ0v) is 23.2. The van der Waals surface area contributed by atoms with Crippen molar-refractivity contribution in [2.45, 2.75) is 148 Å². The molecule has 4 heteroatoms. The molecular formula is C30H62O4. The summed E-state index contributed by atoms with van der Waals surface area (Å²) in [6.45, 7) is 6.01. The van der Waals surface area contributed by atoms with Gasteiger partial charge in [-0.15, -0.1) is 0 Å². The third kappa shape index (κ3) is 31.8. The van der Waals surface area contributed by atoms with Crippen LogP contribution in [0.4, 0.5) is 0 Å². The first-order chi connectivity index (χ1) is 16.9. The zero-order chi connectivity index (χ0) is 24.6. The summed E-state index contributed by atoms with van der Waals surface area (Å²) in [7, 11) is 0. The fourth-order valence-electron chi connectivity index (χ4n) is 4.42. The molecule has 0 amide bonds. The summed E-state index contributed by atoms with van der Waals surface area (Å²) < 4.78 is 16.1. The van der Waals surface area contributed by atoms with Crippen LogP contribution in [0.25, 0.3) is 0 Å². The number of aliphatic hydroxyl groups is 1. The molecular weight excluding hydrogens is 424 g/mol. The van der Waals surface area contributed by atoms with E-state index in [0.29, 0.717) is 33.0 Å². The smallest absolute Gasteiger partial charge is 0.0701 e. The first-order valence-corrected chi connectivity index (χ1v) is 15.3. The highest BCUT2D eigenvalue weighted by atomic mass is 16.5. The Bertz CT molecular complexity index is 306. The van der Waals surface area contributed by atoms with Crippen LogP contribution in [0.1, 0.15) is 148 Å². The topological polar surface area (TPSA) is 47.9 Å². The van der Waals surface area contributed by atoms with Crippen LogP contribution in [0.15, 0.2) is 0 Å². The highest BCUT2D eigenvalue weighted by Crippen LogP contribution is 2.15. The van der Waals surface area contributed by atoms with Gasteiger partial charge in [-0.2, -0.15) is 0 Å². The Morgan fingerprint density at radius 2 is 0.588 bits per heavy atom. The molecule has 0 rings (SSSR count). The molecule has 0 saturated carbocycles. The van der Waals surface area contributed by atoms with Gasteiger partial charge in [-0.25, -0.2) is 0 Å². The molecule has 0 aromatic heterocycles. The maximum atomic E-state index is 8.59. The van der Waals surface area contributed by atoms with Gasteiger partial charge in [-0.1, -0.05) is 142 Å². The van der Waals surface area contributed by atoms with Crippen molar-refractivity contribution in [2.24, 2.45) is 0 Å². The van der Waals surface area contributed by atoms with Gasteiger partial charge in [0.15, 0.2) is 0 Å². The van der Waals surface area contributed by atoms with E-state index in [4.69, 9.17) is 19.3 Å². The Labute approximate surface area is 213 Å². The standard InChI is InChI=1S/C30H62O4/c1-2-3-4-5-6-7-8-9-10-11-12-13-14-15-16-17-18-19-20-21-22-23-25-32-27-29-34-30-28-33-26-24-31/h31H,2-30H2,1H3. The summed E-state index contributed by atoms with van der Waals surface area (Å²) in [5, 5.41) is 8.59. The molecule has 4 nitrogen and oxygen atoms in total. The van der Waals surface area contributed by atoms with Crippen LogP contribution in [0.2, 0.25) is 0 Å². The van der Waals surface area contributed by atoms with Crippen LogP contribution in [0.5, 0.6) is 0 Å². The fourth-order valence-corrected chi connectivity index (χ4v) is 4.42. The maximum Gasteiger partial charge on any atom is 0.0701 e. The third-order valence-corrected chi connectivity index (χ3v) is 6.62. The Morgan fingerprint density at radius 1 is 0.324 bits per heavy atom. The first-order valence-electron chi connectivity index (χ1n) is 15.3. The molecule has 0 radical (unpaired) electrons. The number of unbranched alkanes of at least 4 members (excludes halogenated alkanes) is 21. The normalized spacial score (nSPS) is 11.5. The predicted molar refractivity (Wildman–Crippen MR) is 147 cm³/mol. The summed E-state index contributed by atoms with van der Waals surface area (Å²) >= 11 is 0. The molecule has 0 aromatic rings. The summed E-state index contributed by atoms with van der Waals surface area (Å²) in [6.07, 6.45) is 31.3. The molecule has 0 heterocycles. The van der Waals surface area contributed by atoms with E-state index in [2.05, 4.69) is 6.92 Å². The molecule has 0 unspecified atom stereocenters. The van der Waals surface area contributed by atoms with Crippen molar-refractivity contribution in [3.63, 3.8) is 0 Å². The second-order valence-electron chi connectivity index (χ2n) is 9.99. The van der Waals surface area contributed by atoms with Gasteiger partial charge in [0.05, 0.1) is 39.6 Å². The average molecular weight is 487 g/mol. The first kappa shape index (κ1) is 33.8. The van der Waals surface area contributed by atoms with E-state index in [9.17, 15) is 0 Å². The van der Waals surface area contributed by atoms with Crippen molar-refractivity contribution in [3.05, 3.63) is 0 Å². The van der Waals surface area contributed by atoms with Crippen LogP contribution in [-0.2, 0) is 14.2 Å². The van der Waals surface area contributed by atoms with Crippen LogP contribution >= 0.6 is 0 Å². The van der Waals surface area contributed by atoms with E-state index in [1.54, 1.807) is 0 Å². The molecule has 0 saturated heterocycles. The van der Waals surface area contributed by atoms with Gasteiger partial charge in [0.1, 0.15) is 0 Å². The lowest BCUT2D eigenvalue weighted by atomic mass is 10.0. The molecule has 0 fully saturated rings. The number of hydrogen-bond donors (Lipinski definition) is 1. The van der Waals surface area contributed by atoms with Crippen molar-refractivity contribution in [2.75, 3.05) is 46.2 Å². The zero-order valence-electron chi connectivity index (χ0n) is 23.2. The average Bonchev–Trinajstić information content (AvgIpc) is 2.85. The van der Waals surface area contributed by atoms with Crippen molar-refractivity contribution in [1.29, 1.82) is 0 Å². The minimum absolute atomic E-state index is 0.0721. The van der Waals surface area contributed by atoms with Crippen molar-refractivity contribution in [3.8, 4) is 0 Å². The van der Waals surface area contributed by atoms with Crippen LogP contribution in [0.3, 0.4) is 0 Å². The predicted octanol–water partition coefficient (Wildman–Crippen LogP) is 8.63. The van der Waals surface area contributed by atoms with E-state index in [-0.39, 0.29) is 6.61 Å². The van der Waals surface area contributed by atoms with E-state index in [0.717, 1.165) is 6.61 Å². The molecule has 0 aliphatic heterocycles. The number of rotatable bonds is 31. The van der Waals surface area contributed by atoms with Gasteiger partial charge < -0.3 is 19.3 Å². The van der Waals surface area contributed by atoms with Gasteiger partial charge in [0.25, 0.3) is 0 Å². The Kier molecular flexibility index (Phi) is 32.7. The van der Waals surface area contributed by atoms with Crippen LogP contribution < -0.4 is 0 Å². The monoisotopic (exact) mass is 486 g/mol. The molecule has 0 aliphatic carbocycles. The SMILES string of the molecule is CCCCCCCCCCCCCCCCCCCCCCCCOCCOCCOCCO. The Morgan fingerprint density at radius 3 is 0.912 bits per heavy atom. The van der Waals surface area contributed by atoms with E-state index >= 15 is 0 Å². The van der Waals surface area contributed by atoms with Crippen molar-refractivity contribution < 1.29 is 19.3 Å². The maximum absolute atomic E-state index is 8.59. The second kappa shape index (κ2) is 32.8. The van der Waals surface area contributed by atoms with E-state index < -0.39 is 0 Å². The molecule has 0 aromatic carbocycles. The lowest BCUT2D eigenvalue weighted by Gasteiger charge is -2.06. The van der Waals surface area contributed by atoms with E-state index in [1.165, 1.54) is 141 Å². The number of ether oxygens (including phenoxy) is 3. The summed E-state index contributed by atoms with van der Waals surface area (Å²) in [5.41, 5.74) is 0. The summed E-state index contributed by atoms with van der Waals surface area (Å²) in [5.74, 6) is 0. The highest BCUT2D eigenvalue weighted by Gasteiger charge is 1.96. The molecule has 0 bridgehead atoms. The minimum atomic E-state index is 0.0721. The lowest BCUT2D eigenvalue weighted by Crippen LogP contribution is -2.11. The quantitative estimate of drug-likeness (QED) is 0.0996. The summed E-state index contributed by atoms with van der Waals surface area (Å²) in [6, 6.07) is 0. The molecule has 0 atom stereocenters. The number of hydrogen-bond acceptors (Lipinski definition) is 4. The van der Waals surface area contributed by atoms with Gasteiger partial charge in [-0.05, 0) is 6.42 Å². The Balaban J connectivity index is 2.99. The van der Waals surface area contributed by atoms with Gasteiger partial charge in [-0.3, -0.25) is 0 Å².